The Hall–Kier alpha value is -2.63. The van der Waals surface area contributed by atoms with Crippen molar-refractivity contribution >= 4 is 22.8 Å². The van der Waals surface area contributed by atoms with Gasteiger partial charge >= 0.3 is 6.09 Å². The highest BCUT2D eigenvalue weighted by atomic mass is 16.6. The van der Waals surface area contributed by atoms with Crippen LogP contribution >= 0.6 is 0 Å². The van der Waals surface area contributed by atoms with Gasteiger partial charge in [-0.05, 0) is 57.9 Å². The molecule has 2 aliphatic rings. The van der Waals surface area contributed by atoms with Crippen molar-refractivity contribution in [3.63, 3.8) is 0 Å². The number of nitrogens with zero attached hydrogens (tertiary/aromatic N) is 2. The molecule has 1 aromatic carbocycles. The first kappa shape index (κ1) is 19.7. The van der Waals surface area contributed by atoms with E-state index in [1.54, 1.807) is 4.90 Å². The lowest BCUT2D eigenvalue weighted by atomic mass is 9.97. The molecule has 6 heteroatoms. The first-order chi connectivity index (χ1) is 13.5. The summed E-state index contributed by atoms with van der Waals surface area (Å²) in [5.74, 6) is 0.461. The Kier molecular flexibility index (Phi) is 4.56. The van der Waals surface area contributed by atoms with Crippen molar-refractivity contribution in [1.29, 1.82) is 0 Å². The lowest BCUT2D eigenvalue weighted by molar-refractivity contribution is -0.125. The number of carbonyl (C=O) groups is 2. The Bertz CT molecular complexity index is 951. The predicted octanol–water partition coefficient (Wildman–Crippen LogP) is 3.70. The monoisotopic (exact) mass is 395 g/mol. The number of carbonyl (C=O) groups excluding carboxylic acids is 2. The molecule has 4 rings (SSSR count). The van der Waals surface area contributed by atoms with Crippen LogP contribution in [0.25, 0.3) is 10.8 Å². The number of rotatable bonds is 3. The molecule has 1 aliphatic heterocycles. The van der Waals surface area contributed by atoms with Gasteiger partial charge in [0, 0.05) is 30.6 Å². The average molecular weight is 396 g/mol. The highest BCUT2D eigenvalue weighted by molar-refractivity contribution is 5.85. The number of fused-ring (bicyclic) bond motifs is 2. The molecule has 2 unspecified atom stereocenters. The quantitative estimate of drug-likeness (QED) is 0.860. The standard InChI is InChI=1S/C23H29N3O3/c1-22(2,3)29-21(28)26-12-16-17(13-26)19(16)20(27)25-23(4,5)18-10-14-8-6-7-9-15(14)11-24-18/h6-11,16-17,19H,12-13H2,1-5H3,(H,25,27). The van der Waals surface area contributed by atoms with Crippen LogP contribution in [0.3, 0.4) is 0 Å². The zero-order valence-corrected chi connectivity index (χ0v) is 17.7. The highest BCUT2D eigenvalue weighted by Gasteiger charge is 2.61. The molecule has 1 aliphatic carbocycles. The lowest BCUT2D eigenvalue weighted by Gasteiger charge is -2.28. The zero-order valence-electron chi connectivity index (χ0n) is 17.7. The zero-order chi connectivity index (χ0) is 21.0. The minimum atomic E-state index is -0.567. The van der Waals surface area contributed by atoms with E-state index in [0.717, 1.165) is 16.5 Å². The molecular weight excluding hydrogens is 366 g/mol. The first-order valence-corrected chi connectivity index (χ1v) is 10.2. The average Bonchev–Trinajstić information content (AvgIpc) is 3.14. The molecule has 2 fully saturated rings. The second kappa shape index (κ2) is 6.71. The molecule has 154 valence electrons. The fraction of sp³-hybridized carbons (Fsp3) is 0.522. The largest absolute Gasteiger partial charge is 0.444 e. The van der Waals surface area contributed by atoms with E-state index in [1.165, 1.54) is 0 Å². The molecule has 0 bridgehead atoms. The van der Waals surface area contributed by atoms with Crippen molar-refractivity contribution in [1.82, 2.24) is 15.2 Å². The Morgan fingerprint density at radius 3 is 2.31 bits per heavy atom. The number of ether oxygens (including phenoxy) is 1. The highest BCUT2D eigenvalue weighted by Crippen LogP contribution is 2.52. The fourth-order valence-corrected chi connectivity index (χ4v) is 4.27. The summed E-state index contributed by atoms with van der Waals surface area (Å²) < 4.78 is 5.44. The van der Waals surface area contributed by atoms with Crippen LogP contribution < -0.4 is 5.32 Å². The second-order valence-corrected chi connectivity index (χ2v) is 9.77. The summed E-state index contributed by atoms with van der Waals surface area (Å²) >= 11 is 0. The third-order valence-corrected chi connectivity index (χ3v) is 5.86. The van der Waals surface area contributed by atoms with Gasteiger partial charge < -0.3 is 15.0 Å². The normalized spacial score (nSPS) is 23.6. The van der Waals surface area contributed by atoms with Crippen molar-refractivity contribution in [3.05, 3.63) is 42.2 Å². The number of hydrogen-bond acceptors (Lipinski definition) is 4. The van der Waals surface area contributed by atoms with Crippen molar-refractivity contribution in [2.45, 2.75) is 45.8 Å². The van der Waals surface area contributed by atoms with Gasteiger partial charge in [-0.3, -0.25) is 9.78 Å². The summed E-state index contributed by atoms with van der Waals surface area (Å²) in [5.41, 5.74) is -0.230. The third kappa shape index (κ3) is 3.93. The van der Waals surface area contributed by atoms with Crippen LogP contribution in [0.2, 0.25) is 0 Å². The van der Waals surface area contributed by atoms with Gasteiger partial charge in [-0.2, -0.15) is 0 Å². The number of pyridine rings is 1. The van der Waals surface area contributed by atoms with Crippen molar-refractivity contribution in [2.75, 3.05) is 13.1 Å². The molecule has 1 saturated carbocycles. The minimum absolute atomic E-state index is 0.0339. The maximum Gasteiger partial charge on any atom is 0.410 e. The predicted molar refractivity (Wildman–Crippen MR) is 111 cm³/mol. The van der Waals surface area contributed by atoms with Gasteiger partial charge in [-0.15, -0.1) is 0 Å². The summed E-state index contributed by atoms with van der Waals surface area (Å²) in [6.45, 7) is 10.7. The Morgan fingerprint density at radius 1 is 1.07 bits per heavy atom. The smallest absolute Gasteiger partial charge is 0.410 e. The molecule has 2 heterocycles. The van der Waals surface area contributed by atoms with Crippen LogP contribution in [0.1, 0.15) is 40.3 Å². The molecule has 0 radical (unpaired) electrons. The van der Waals surface area contributed by atoms with Crippen LogP contribution in [0, 0.1) is 17.8 Å². The number of piperidine rings is 1. The number of likely N-dealkylation sites (tertiary alicyclic amines) is 1. The van der Waals surface area contributed by atoms with E-state index in [4.69, 9.17) is 4.74 Å². The van der Waals surface area contributed by atoms with Gasteiger partial charge in [0.2, 0.25) is 5.91 Å². The summed E-state index contributed by atoms with van der Waals surface area (Å²) in [6.07, 6.45) is 1.56. The van der Waals surface area contributed by atoms with Crippen LogP contribution in [0.5, 0.6) is 0 Å². The summed E-state index contributed by atoms with van der Waals surface area (Å²) in [6, 6.07) is 10.1. The molecule has 1 saturated heterocycles. The molecule has 0 spiro atoms. The van der Waals surface area contributed by atoms with E-state index in [0.29, 0.717) is 13.1 Å². The van der Waals surface area contributed by atoms with Crippen LogP contribution in [0.4, 0.5) is 4.79 Å². The molecule has 29 heavy (non-hydrogen) atoms. The number of nitrogens with one attached hydrogen (secondary N) is 1. The number of aromatic nitrogens is 1. The van der Waals surface area contributed by atoms with Crippen LogP contribution in [0.15, 0.2) is 36.5 Å². The molecule has 1 aromatic heterocycles. The first-order valence-electron chi connectivity index (χ1n) is 10.2. The topological polar surface area (TPSA) is 71.5 Å². The molecule has 2 atom stereocenters. The van der Waals surface area contributed by atoms with Gasteiger partial charge in [0.15, 0.2) is 0 Å². The van der Waals surface area contributed by atoms with E-state index < -0.39 is 11.1 Å². The van der Waals surface area contributed by atoms with Gasteiger partial charge in [0.25, 0.3) is 0 Å². The number of amides is 2. The van der Waals surface area contributed by atoms with Gasteiger partial charge in [0.1, 0.15) is 5.60 Å². The SMILES string of the molecule is CC(C)(C)OC(=O)N1CC2C(C1)C2C(=O)NC(C)(C)c1cc2ccccc2cn1. The van der Waals surface area contributed by atoms with E-state index in [2.05, 4.69) is 16.4 Å². The van der Waals surface area contributed by atoms with Crippen molar-refractivity contribution < 1.29 is 14.3 Å². The Labute approximate surface area is 171 Å². The molecule has 6 nitrogen and oxygen atoms in total. The van der Waals surface area contributed by atoms with Crippen LogP contribution in [-0.2, 0) is 15.1 Å². The molecule has 2 aromatic rings. The lowest BCUT2D eigenvalue weighted by Crippen LogP contribution is -2.44. The number of benzene rings is 1. The Morgan fingerprint density at radius 2 is 1.69 bits per heavy atom. The summed E-state index contributed by atoms with van der Waals surface area (Å²) in [4.78, 5) is 31.4. The molecule has 2 amide bonds. The second-order valence-electron chi connectivity index (χ2n) is 9.77. The van der Waals surface area contributed by atoms with E-state index in [1.807, 2.05) is 65.1 Å². The van der Waals surface area contributed by atoms with Gasteiger partial charge in [0.05, 0.1) is 11.2 Å². The molecule has 1 N–H and O–H groups in total. The van der Waals surface area contributed by atoms with E-state index in [9.17, 15) is 9.59 Å². The van der Waals surface area contributed by atoms with Crippen molar-refractivity contribution in [2.24, 2.45) is 17.8 Å². The summed E-state index contributed by atoms with van der Waals surface area (Å²) in [7, 11) is 0. The Balaban J connectivity index is 1.37. The van der Waals surface area contributed by atoms with E-state index >= 15 is 0 Å². The van der Waals surface area contributed by atoms with Gasteiger partial charge in [-0.25, -0.2) is 4.79 Å². The fourth-order valence-electron chi connectivity index (χ4n) is 4.27. The van der Waals surface area contributed by atoms with Crippen molar-refractivity contribution in [3.8, 4) is 0 Å². The minimum Gasteiger partial charge on any atom is -0.444 e. The third-order valence-electron chi connectivity index (χ3n) is 5.86. The number of hydrogen-bond donors (Lipinski definition) is 1. The summed E-state index contributed by atoms with van der Waals surface area (Å²) in [5, 5.41) is 5.36. The maximum absolute atomic E-state index is 12.9. The van der Waals surface area contributed by atoms with Crippen LogP contribution in [-0.4, -0.2) is 40.6 Å². The van der Waals surface area contributed by atoms with Gasteiger partial charge in [-0.1, -0.05) is 24.3 Å². The molecular formula is C23H29N3O3. The van der Waals surface area contributed by atoms with E-state index in [-0.39, 0.29) is 29.8 Å². The maximum atomic E-state index is 12.9.